The van der Waals surface area contributed by atoms with Crippen molar-refractivity contribution in [1.29, 1.82) is 0 Å². The van der Waals surface area contributed by atoms with Crippen LogP contribution in [-0.2, 0) is 9.53 Å². The highest BCUT2D eigenvalue weighted by atomic mass is 16.6. The number of ketones is 1. The topological polar surface area (TPSA) is 43.4 Å². The van der Waals surface area contributed by atoms with Crippen LogP contribution in [0.2, 0.25) is 0 Å². The summed E-state index contributed by atoms with van der Waals surface area (Å²) in [6.07, 6.45) is 3.00. The van der Waals surface area contributed by atoms with Crippen LogP contribution in [0.25, 0.3) is 6.08 Å². The van der Waals surface area contributed by atoms with E-state index in [4.69, 9.17) is 4.74 Å². The molecule has 0 aliphatic carbocycles. The summed E-state index contributed by atoms with van der Waals surface area (Å²) in [5.74, 6) is -0.499. The van der Waals surface area contributed by atoms with E-state index < -0.39 is 11.6 Å². The molecule has 3 heteroatoms. The Bertz CT molecular complexity index is 765. The van der Waals surface area contributed by atoms with Crippen LogP contribution in [-0.4, -0.2) is 17.4 Å². The molecule has 0 bridgehead atoms. The van der Waals surface area contributed by atoms with Crippen LogP contribution in [0.15, 0.2) is 54.6 Å². The molecule has 0 amide bonds. The molecule has 0 unspecified atom stereocenters. The van der Waals surface area contributed by atoms with Crippen molar-refractivity contribution in [3.05, 3.63) is 76.9 Å². The second-order valence-electron chi connectivity index (χ2n) is 6.65. The van der Waals surface area contributed by atoms with Gasteiger partial charge in [0.15, 0.2) is 5.78 Å². The smallest absolute Gasteiger partial charge is 0.331 e. The molecule has 0 N–H and O–H groups in total. The lowest BCUT2D eigenvalue weighted by molar-refractivity contribution is -0.148. The van der Waals surface area contributed by atoms with Crippen LogP contribution >= 0.6 is 0 Å². The lowest BCUT2D eigenvalue weighted by Crippen LogP contribution is -2.22. The summed E-state index contributed by atoms with van der Waals surface area (Å²) in [5.41, 5.74) is 2.36. The molecule has 0 atom stereocenters. The molecular weight excluding hydrogens is 300 g/mol. The van der Waals surface area contributed by atoms with Crippen molar-refractivity contribution in [3.63, 3.8) is 0 Å². The van der Waals surface area contributed by atoms with Crippen molar-refractivity contribution >= 4 is 17.8 Å². The predicted molar refractivity (Wildman–Crippen MR) is 95.9 cm³/mol. The van der Waals surface area contributed by atoms with E-state index in [1.807, 2.05) is 58.0 Å². The molecule has 0 aliphatic rings. The number of carbonyl (C=O) groups excluding carboxylic acids is 2. The first-order chi connectivity index (χ1) is 11.3. The van der Waals surface area contributed by atoms with Gasteiger partial charge < -0.3 is 4.74 Å². The van der Waals surface area contributed by atoms with Gasteiger partial charge in [0.05, 0.1) is 0 Å². The number of aryl methyl sites for hydroxylation is 1. The minimum Gasteiger partial charge on any atom is -0.457 e. The average molecular weight is 322 g/mol. The molecule has 3 nitrogen and oxygen atoms in total. The molecule has 0 fully saturated rings. The minimum absolute atomic E-state index is 0.0700. The number of benzene rings is 2. The van der Waals surface area contributed by atoms with Gasteiger partial charge in [-0.05, 0) is 39.3 Å². The molecule has 0 saturated heterocycles. The van der Waals surface area contributed by atoms with Gasteiger partial charge in [0.1, 0.15) is 5.60 Å². The first-order valence-corrected chi connectivity index (χ1v) is 7.88. The van der Waals surface area contributed by atoms with E-state index in [2.05, 4.69) is 0 Å². The summed E-state index contributed by atoms with van der Waals surface area (Å²) in [6, 6.07) is 14.7. The molecular formula is C21H22O3. The first kappa shape index (κ1) is 17.7. The van der Waals surface area contributed by atoms with Crippen molar-refractivity contribution in [2.24, 2.45) is 0 Å². The van der Waals surface area contributed by atoms with Crippen LogP contribution in [0.1, 0.15) is 47.8 Å². The third kappa shape index (κ3) is 4.92. The predicted octanol–water partition coefficient (Wildman–Crippen LogP) is 4.58. The Balaban J connectivity index is 2.32. The van der Waals surface area contributed by atoms with E-state index in [1.165, 1.54) is 6.08 Å². The fourth-order valence-electron chi connectivity index (χ4n) is 2.27. The van der Waals surface area contributed by atoms with Gasteiger partial charge in [-0.15, -0.1) is 0 Å². The monoisotopic (exact) mass is 322 g/mol. The third-order valence-corrected chi connectivity index (χ3v) is 3.29. The zero-order valence-corrected chi connectivity index (χ0v) is 14.5. The van der Waals surface area contributed by atoms with Gasteiger partial charge in [0.25, 0.3) is 0 Å². The molecule has 0 saturated carbocycles. The van der Waals surface area contributed by atoms with Crippen LogP contribution < -0.4 is 0 Å². The number of hydrogen-bond acceptors (Lipinski definition) is 3. The zero-order chi connectivity index (χ0) is 17.7. The van der Waals surface area contributed by atoms with E-state index in [0.717, 1.165) is 5.56 Å². The molecule has 0 heterocycles. The maximum absolute atomic E-state index is 12.7. The zero-order valence-electron chi connectivity index (χ0n) is 14.5. The molecule has 2 aromatic carbocycles. The fraction of sp³-hybridized carbons (Fsp3) is 0.238. The summed E-state index contributed by atoms with van der Waals surface area (Å²) in [7, 11) is 0. The molecule has 124 valence electrons. The van der Waals surface area contributed by atoms with E-state index in [1.54, 1.807) is 24.3 Å². The highest BCUT2D eigenvalue weighted by Crippen LogP contribution is 2.18. The maximum Gasteiger partial charge on any atom is 0.331 e. The van der Waals surface area contributed by atoms with Crippen LogP contribution in [0.3, 0.4) is 0 Å². The maximum atomic E-state index is 12.7. The van der Waals surface area contributed by atoms with E-state index in [0.29, 0.717) is 16.7 Å². The minimum atomic E-state index is -0.545. The molecule has 24 heavy (non-hydrogen) atoms. The van der Waals surface area contributed by atoms with E-state index >= 15 is 0 Å². The molecule has 2 aromatic rings. The quantitative estimate of drug-likeness (QED) is 0.470. The summed E-state index contributed by atoms with van der Waals surface area (Å²) in [6.45, 7) is 7.39. The van der Waals surface area contributed by atoms with Crippen molar-refractivity contribution in [1.82, 2.24) is 0 Å². The lowest BCUT2D eigenvalue weighted by atomic mass is 9.96. The van der Waals surface area contributed by atoms with Crippen LogP contribution in [0.5, 0.6) is 0 Å². The number of hydrogen-bond donors (Lipinski definition) is 0. The largest absolute Gasteiger partial charge is 0.457 e. The second kappa shape index (κ2) is 7.26. The van der Waals surface area contributed by atoms with Crippen molar-refractivity contribution < 1.29 is 14.3 Å². The number of carbonyl (C=O) groups is 2. The first-order valence-electron chi connectivity index (χ1n) is 7.88. The molecule has 2 rings (SSSR count). The Morgan fingerprint density at radius 2 is 1.67 bits per heavy atom. The van der Waals surface area contributed by atoms with E-state index in [-0.39, 0.29) is 5.78 Å². The Kier molecular flexibility index (Phi) is 5.35. The molecule has 0 radical (unpaired) electrons. The van der Waals surface area contributed by atoms with Gasteiger partial charge >= 0.3 is 5.97 Å². The van der Waals surface area contributed by atoms with Crippen molar-refractivity contribution in [3.8, 4) is 0 Å². The normalized spacial score (nSPS) is 11.5. The van der Waals surface area contributed by atoms with Gasteiger partial charge in [-0.1, -0.05) is 54.1 Å². The number of esters is 1. The summed E-state index contributed by atoms with van der Waals surface area (Å²) < 4.78 is 5.26. The van der Waals surface area contributed by atoms with Crippen LogP contribution in [0.4, 0.5) is 0 Å². The van der Waals surface area contributed by atoms with Gasteiger partial charge in [0.2, 0.25) is 0 Å². The third-order valence-electron chi connectivity index (χ3n) is 3.29. The summed E-state index contributed by atoms with van der Waals surface area (Å²) in [4.78, 5) is 24.6. The van der Waals surface area contributed by atoms with E-state index in [9.17, 15) is 9.59 Å². The van der Waals surface area contributed by atoms with Gasteiger partial charge in [0, 0.05) is 17.2 Å². The van der Waals surface area contributed by atoms with Gasteiger partial charge in [-0.3, -0.25) is 4.79 Å². The number of ether oxygens (including phenoxy) is 1. The van der Waals surface area contributed by atoms with Crippen molar-refractivity contribution in [2.75, 3.05) is 0 Å². The van der Waals surface area contributed by atoms with Crippen LogP contribution in [0, 0.1) is 6.92 Å². The fourth-order valence-corrected chi connectivity index (χ4v) is 2.27. The summed E-state index contributed by atoms with van der Waals surface area (Å²) >= 11 is 0. The Hall–Kier alpha value is -2.68. The molecule has 0 aliphatic heterocycles. The Labute approximate surface area is 143 Å². The molecule has 0 spiro atoms. The Morgan fingerprint density at radius 1 is 1.00 bits per heavy atom. The second-order valence-corrected chi connectivity index (χ2v) is 6.65. The number of rotatable bonds is 4. The van der Waals surface area contributed by atoms with Gasteiger partial charge in [-0.2, -0.15) is 0 Å². The van der Waals surface area contributed by atoms with Crippen molar-refractivity contribution in [2.45, 2.75) is 33.3 Å². The molecule has 0 aromatic heterocycles. The highest BCUT2D eigenvalue weighted by molar-refractivity contribution is 6.11. The SMILES string of the molecule is Cc1ccc(C(=O)c2ccccc2)c(/C=C/C(=O)OC(C)(C)C)c1. The van der Waals surface area contributed by atoms with Gasteiger partial charge in [-0.25, -0.2) is 4.79 Å². The lowest BCUT2D eigenvalue weighted by Gasteiger charge is -2.18. The Morgan fingerprint density at radius 3 is 2.29 bits per heavy atom. The highest BCUT2D eigenvalue weighted by Gasteiger charge is 2.15. The standard InChI is InChI=1S/C21H22O3/c1-15-10-12-18(20(23)16-8-6-5-7-9-16)17(14-15)11-13-19(22)24-21(2,3)4/h5-14H,1-4H3/b13-11+. The summed E-state index contributed by atoms with van der Waals surface area (Å²) in [5, 5.41) is 0. The average Bonchev–Trinajstić information content (AvgIpc) is 2.51.